The molecule has 1 nitrogen and oxygen atoms in total. The minimum atomic E-state index is 1.21. The molecule has 41 heavy (non-hydrogen) atoms. The van der Waals surface area contributed by atoms with E-state index in [0.717, 1.165) is 0 Å². The van der Waals surface area contributed by atoms with Crippen LogP contribution in [0.4, 0.5) is 0 Å². The van der Waals surface area contributed by atoms with Gasteiger partial charge in [-0.3, -0.25) is 0 Å². The molecular weight excluding hydrogens is 535 g/mol. The van der Waals surface area contributed by atoms with Crippen LogP contribution < -0.4 is 0 Å². The standard InChI is InChI=1S/C38H23NS2/c1-3-9-24(10-4-1)28-16-19-33-31(22-28)35-36-32-23-29(25-11-5-2-6-12-25)17-20-34(32)40-38(36)41-37(35)39(33)30-18-15-26-13-7-8-14-27(26)21-30/h1-23H. The van der Waals surface area contributed by atoms with Crippen LogP contribution in [0, 0.1) is 0 Å². The number of nitrogens with zero attached hydrogens (tertiary/aromatic N) is 1. The van der Waals surface area contributed by atoms with Gasteiger partial charge in [0.25, 0.3) is 0 Å². The van der Waals surface area contributed by atoms with E-state index in [0.29, 0.717) is 0 Å². The Bertz CT molecular complexity index is 2410. The van der Waals surface area contributed by atoms with Crippen molar-refractivity contribution in [3.63, 3.8) is 0 Å². The van der Waals surface area contributed by atoms with E-state index in [-0.39, 0.29) is 0 Å². The third-order valence-corrected chi connectivity index (χ3v) is 10.7. The number of hydrogen-bond acceptors (Lipinski definition) is 2. The van der Waals surface area contributed by atoms with E-state index < -0.39 is 0 Å². The SMILES string of the molecule is c1ccc(-c2ccc3sc4sc5c(c6cc(-c7ccccc7)ccc6n5-c5ccc6ccccc6c5)c4c3c2)cc1. The average molecular weight is 558 g/mol. The average Bonchev–Trinajstić information content (AvgIpc) is 3.67. The highest BCUT2D eigenvalue weighted by Crippen LogP contribution is 2.50. The van der Waals surface area contributed by atoms with Crippen LogP contribution in [0.2, 0.25) is 0 Å². The zero-order valence-electron chi connectivity index (χ0n) is 22.0. The molecule has 0 aliphatic rings. The van der Waals surface area contributed by atoms with Crippen molar-refractivity contribution in [2.75, 3.05) is 0 Å². The van der Waals surface area contributed by atoms with Crippen LogP contribution in [-0.4, -0.2) is 4.57 Å². The fourth-order valence-corrected chi connectivity index (χ4v) is 8.96. The Balaban J connectivity index is 1.40. The zero-order valence-corrected chi connectivity index (χ0v) is 23.7. The molecule has 9 aromatic rings. The second-order valence-corrected chi connectivity index (χ2v) is 12.9. The molecule has 0 aliphatic carbocycles. The molecule has 6 aromatic carbocycles. The molecule has 0 amide bonds. The maximum absolute atomic E-state index is 2.48. The fraction of sp³-hybridized carbons (Fsp3) is 0. The lowest BCUT2D eigenvalue weighted by atomic mass is 10.0. The lowest BCUT2D eigenvalue weighted by Crippen LogP contribution is -1.92. The number of hydrogen-bond donors (Lipinski definition) is 0. The summed E-state index contributed by atoms with van der Waals surface area (Å²) in [5.41, 5.74) is 7.47. The Morgan fingerprint density at radius 2 is 1.10 bits per heavy atom. The Labute approximate surface area is 245 Å². The quantitative estimate of drug-likeness (QED) is 0.204. The van der Waals surface area contributed by atoms with Crippen LogP contribution in [0.3, 0.4) is 0 Å². The molecule has 0 radical (unpaired) electrons. The molecule has 192 valence electrons. The first-order valence-corrected chi connectivity index (χ1v) is 15.5. The van der Waals surface area contributed by atoms with Crippen LogP contribution in [-0.2, 0) is 0 Å². The molecule has 3 aromatic heterocycles. The van der Waals surface area contributed by atoms with Crippen LogP contribution in [0.1, 0.15) is 0 Å². The molecule has 0 unspecified atom stereocenters. The predicted octanol–water partition coefficient (Wildman–Crippen LogP) is 11.7. The molecule has 0 N–H and O–H groups in total. The van der Waals surface area contributed by atoms with Crippen molar-refractivity contribution in [3.05, 3.63) is 140 Å². The Hall–Kier alpha value is -4.70. The van der Waals surface area contributed by atoms with E-state index in [1.54, 1.807) is 0 Å². The summed E-state index contributed by atoms with van der Waals surface area (Å²) in [6.07, 6.45) is 0. The van der Waals surface area contributed by atoms with Gasteiger partial charge in [-0.2, -0.15) is 0 Å². The van der Waals surface area contributed by atoms with E-state index in [9.17, 15) is 0 Å². The number of aromatic nitrogens is 1. The second-order valence-electron chi connectivity index (χ2n) is 10.6. The molecular formula is C38H23NS2. The van der Waals surface area contributed by atoms with E-state index >= 15 is 0 Å². The highest BCUT2D eigenvalue weighted by atomic mass is 32.2. The number of rotatable bonds is 3. The first kappa shape index (κ1) is 23.0. The Morgan fingerprint density at radius 3 is 1.85 bits per heavy atom. The van der Waals surface area contributed by atoms with Crippen molar-refractivity contribution in [2.45, 2.75) is 0 Å². The summed E-state index contributed by atoms with van der Waals surface area (Å²) in [6.45, 7) is 0. The van der Waals surface area contributed by atoms with Gasteiger partial charge in [-0.25, -0.2) is 0 Å². The summed E-state index contributed by atoms with van der Waals surface area (Å²) in [6, 6.07) is 50.9. The molecule has 0 fully saturated rings. The van der Waals surface area contributed by atoms with Crippen LogP contribution in [0.25, 0.3) is 79.3 Å². The van der Waals surface area contributed by atoms with Gasteiger partial charge in [0, 0.05) is 31.9 Å². The second kappa shape index (κ2) is 8.90. The van der Waals surface area contributed by atoms with Gasteiger partial charge in [0.2, 0.25) is 0 Å². The predicted molar refractivity (Wildman–Crippen MR) is 180 cm³/mol. The summed E-state index contributed by atoms with van der Waals surface area (Å²) in [5, 5.41) is 7.94. The summed E-state index contributed by atoms with van der Waals surface area (Å²) >= 11 is 3.84. The third-order valence-electron chi connectivity index (χ3n) is 8.22. The minimum Gasteiger partial charge on any atom is -0.301 e. The lowest BCUT2D eigenvalue weighted by molar-refractivity contribution is 1.20. The molecule has 3 heteroatoms. The highest BCUT2D eigenvalue weighted by Gasteiger charge is 2.22. The highest BCUT2D eigenvalue weighted by molar-refractivity contribution is 7.44. The number of benzene rings is 6. The maximum Gasteiger partial charge on any atom is 0.110 e. The van der Waals surface area contributed by atoms with Crippen LogP contribution >= 0.6 is 22.7 Å². The lowest BCUT2D eigenvalue weighted by Gasteiger charge is -2.09. The fourth-order valence-electron chi connectivity index (χ4n) is 6.27. The summed E-state index contributed by atoms with van der Waals surface area (Å²) in [7, 11) is 0. The molecule has 9 rings (SSSR count). The molecule has 0 aliphatic heterocycles. The van der Waals surface area contributed by atoms with Gasteiger partial charge in [-0.1, -0.05) is 103 Å². The van der Waals surface area contributed by atoms with Gasteiger partial charge in [0.1, 0.15) is 4.83 Å². The van der Waals surface area contributed by atoms with E-state index in [1.165, 1.54) is 79.3 Å². The van der Waals surface area contributed by atoms with E-state index in [2.05, 4.69) is 144 Å². The van der Waals surface area contributed by atoms with Crippen molar-refractivity contribution in [3.8, 4) is 27.9 Å². The number of fused-ring (bicyclic) bond motifs is 8. The zero-order chi connectivity index (χ0) is 26.9. The smallest absolute Gasteiger partial charge is 0.110 e. The van der Waals surface area contributed by atoms with Crippen molar-refractivity contribution < 1.29 is 0 Å². The van der Waals surface area contributed by atoms with Gasteiger partial charge in [-0.05, 0) is 69.4 Å². The van der Waals surface area contributed by atoms with Gasteiger partial charge >= 0.3 is 0 Å². The van der Waals surface area contributed by atoms with E-state index in [1.807, 2.05) is 22.7 Å². The summed E-state index contributed by atoms with van der Waals surface area (Å²) in [5.74, 6) is 0. The topological polar surface area (TPSA) is 4.93 Å². The summed E-state index contributed by atoms with van der Waals surface area (Å²) in [4.78, 5) is 1.31. The van der Waals surface area contributed by atoms with Gasteiger partial charge in [0.15, 0.2) is 0 Å². The molecule has 3 heterocycles. The van der Waals surface area contributed by atoms with E-state index in [4.69, 9.17) is 0 Å². The van der Waals surface area contributed by atoms with Crippen LogP contribution in [0.15, 0.2) is 140 Å². The third kappa shape index (κ3) is 3.53. The maximum atomic E-state index is 2.48. The van der Waals surface area contributed by atoms with Crippen molar-refractivity contribution in [2.24, 2.45) is 0 Å². The molecule has 0 saturated heterocycles. The first-order valence-electron chi connectivity index (χ1n) is 13.9. The molecule has 0 spiro atoms. The minimum absolute atomic E-state index is 1.21. The van der Waals surface area contributed by atoms with Crippen molar-refractivity contribution >= 4 is 74.1 Å². The number of thiophene rings is 2. The molecule has 0 atom stereocenters. The Kier molecular flexibility index (Phi) is 5.00. The Morgan fingerprint density at radius 1 is 0.439 bits per heavy atom. The van der Waals surface area contributed by atoms with Gasteiger partial charge < -0.3 is 4.57 Å². The van der Waals surface area contributed by atoms with Crippen molar-refractivity contribution in [1.82, 2.24) is 4.57 Å². The first-order chi connectivity index (χ1) is 20.3. The van der Waals surface area contributed by atoms with Gasteiger partial charge in [-0.15, -0.1) is 22.7 Å². The molecule has 0 bridgehead atoms. The van der Waals surface area contributed by atoms with Gasteiger partial charge in [0.05, 0.1) is 9.53 Å². The largest absolute Gasteiger partial charge is 0.301 e. The normalized spacial score (nSPS) is 11.9. The summed E-state index contributed by atoms with van der Waals surface area (Å²) < 4.78 is 5.21. The van der Waals surface area contributed by atoms with Crippen molar-refractivity contribution in [1.29, 1.82) is 0 Å². The monoisotopic (exact) mass is 557 g/mol. The molecule has 0 saturated carbocycles. The van der Waals surface area contributed by atoms with Crippen LogP contribution in [0.5, 0.6) is 0 Å².